The van der Waals surface area contributed by atoms with Crippen LogP contribution < -0.4 is 14.8 Å². The van der Waals surface area contributed by atoms with Crippen molar-refractivity contribution in [1.29, 1.82) is 0 Å². The highest BCUT2D eigenvalue weighted by atomic mass is 32.2. The third kappa shape index (κ3) is 4.49. The average Bonchev–Trinajstić information content (AvgIpc) is 3.05. The van der Waals surface area contributed by atoms with E-state index in [0.29, 0.717) is 41.2 Å². The van der Waals surface area contributed by atoms with Crippen molar-refractivity contribution in [1.82, 2.24) is 4.98 Å². The maximum Gasteiger partial charge on any atom is 0.257 e. The number of ether oxygens (including phenoxy) is 2. The fraction of sp³-hybridized carbons (Fsp3) is 0.263. The Hall–Kier alpha value is -2.67. The van der Waals surface area contributed by atoms with Crippen LogP contribution in [0.5, 0.6) is 11.5 Å². The maximum atomic E-state index is 12.2. The molecule has 0 bridgehead atoms. The topological polar surface area (TPSA) is 73.6 Å². The lowest BCUT2D eigenvalue weighted by Gasteiger charge is -2.12. The third-order valence-corrected chi connectivity index (χ3v) is 4.26. The normalized spacial score (nSPS) is 10.7. The first-order valence-corrected chi connectivity index (χ1v) is 9.36. The van der Waals surface area contributed by atoms with E-state index < -0.39 is 0 Å². The molecule has 136 valence electrons. The van der Waals surface area contributed by atoms with Crippen molar-refractivity contribution in [2.75, 3.05) is 24.3 Å². The van der Waals surface area contributed by atoms with Gasteiger partial charge in [-0.1, -0.05) is 23.9 Å². The van der Waals surface area contributed by atoms with Crippen molar-refractivity contribution < 1.29 is 18.7 Å². The number of carbonyl (C=O) groups is 1. The first kappa shape index (κ1) is 18.1. The second-order valence-electron chi connectivity index (χ2n) is 5.31. The molecule has 2 aromatic carbocycles. The van der Waals surface area contributed by atoms with Crippen molar-refractivity contribution in [2.45, 2.75) is 19.1 Å². The van der Waals surface area contributed by atoms with Gasteiger partial charge in [-0.2, -0.15) is 0 Å². The van der Waals surface area contributed by atoms with Crippen LogP contribution in [0.25, 0.3) is 11.1 Å². The van der Waals surface area contributed by atoms with E-state index >= 15 is 0 Å². The number of benzene rings is 2. The van der Waals surface area contributed by atoms with Gasteiger partial charge in [0, 0.05) is 11.8 Å². The van der Waals surface area contributed by atoms with E-state index in [1.807, 2.05) is 38.1 Å². The predicted octanol–water partition coefficient (Wildman–Crippen LogP) is 4.36. The van der Waals surface area contributed by atoms with Crippen LogP contribution in [-0.2, 0) is 4.79 Å². The molecule has 1 heterocycles. The third-order valence-electron chi connectivity index (χ3n) is 3.43. The number of hydrogen-bond donors (Lipinski definition) is 1. The molecule has 0 aliphatic heterocycles. The minimum absolute atomic E-state index is 0.149. The maximum absolute atomic E-state index is 12.2. The van der Waals surface area contributed by atoms with Gasteiger partial charge >= 0.3 is 0 Å². The highest BCUT2D eigenvalue weighted by Crippen LogP contribution is 2.31. The van der Waals surface area contributed by atoms with Gasteiger partial charge in [0.1, 0.15) is 5.52 Å². The zero-order valence-electron chi connectivity index (χ0n) is 14.7. The van der Waals surface area contributed by atoms with Crippen molar-refractivity contribution in [3.8, 4) is 11.5 Å². The first-order valence-electron chi connectivity index (χ1n) is 8.37. The van der Waals surface area contributed by atoms with Crippen LogP contribution in [0.1, 0.15) is 13.8 Å². The van der Waals surface area contributed by atoms with Crippen LogP contribution in [0, 0.1) is 0 Å². The SMILES string of the molecule is CCOc1ccc(NC(=O)CSc2nc3ccccc3o2)cc1OCC. The lowest BCUT2D eigenvalue weighted by Crippen LogP contribution is -2.14. The monoisotopic (exact) mass is 372 g/mol. The fourth-order valence-electron chi connectivity index (χ4n) is 2.37. The molecule has 0 spiro atoms. The summed E-state index contributed by atoms with van der Waals surface area (Å²) in [5, 5.41) is 3.32. The molecule has 1 N–H and O–H groups in total. The smallest absolute Gasteiger partial charge is 0.257 e. The van der Waals surface area contributed by atoms with Gasteiger partial charge < -0.3 is 19.2 Å². The summed E-state index contributed by atoms with van der Waals surface area (Å²) in [7, 11) is 0. The van der Waals surface area contributed by atoms with E-state index in [-0.39, 0.29) is 11.7 Å². The summed E-state index contributed by atoms with van der Waals surface area (Å²) in [6.45, 7) is 4.88. The average molecular weight is 372 g/mol. The van der Waals surface area contributed by atoms with E-state index in [0.717, 1.165) is 5.52 Å². The second kappa shape index (κ2) is 8.62. The minimum Gasteiger partial charge on any atom is -0.490 e. The van der Waals surface area contributed by atoms with Gasteiger partial charge in [-0.05, 0) is 38.1 Å². The van der Waals surface area contributed by atoms with Gasteiger partial charge in [-0.25, -0.2) is 4.98 Å². The summed E-state index contributed by atoms with van der Waals surface area (Å²) < 4.78 is 16.7. The minimum atomic E-state index is -0.149. The Morgan fingerprint density at radius 1 is 1.12 bits per heavy atom. The summed E-state index contributed by atoms with van der Waals surface area (Å²) in [6, 6.07) is 12.8. The zero-order valence-corrected chi connectivity index (χ0v) is 15.5. The van der Waals surface area contributed by atoms with E-state index in [9.17, 15) is 4.79 Å². The fourth-order valence-corrected chi connectivity index (χ4v) is 3.00. The summed E-state index contributed by atoms with van der Waals surface area (Å²) in [4.78, 5) is 16.5. The molecule has 3 rings (SSSR count). The van der Waals surface area contributed by atoms with Crippen molar-refractivity contribution in [3.63, 3.8) is 0 Å². The number of anilines is 1. The number of fused-ring (bicyclic) bond motifs is 1. The number of oxazole rings is 1. The highest BCUT2D eigenvalue weighted by Gasteiger charge is 2.11. The van der Waals surface area contributed by atoms with Gasteiger partial charge in [0.25, 0.3) is 5.22 Å². The Morgan fingerprint density at radius 2 is 1.88 bits per heavy atom. The molecule has 3 aromatic rings. The lowest BCUT2D eigenvalue weighted by molar-refractivity contribution is -0.113. The van der Waals surface area contributed by atoms with Crippen LogP contribution in [-0.4, -0.2) is 29.9 Å². The Kier molecular flexibility index (Phi) is 6.01. The molecule has 0 fully saturated rings. The van der Waals surface area contributed by atoms with Crippen LogP contribution >= 0.6 is 11.8 Å². The van der Waals surface area contributed by atoms with Crippen LogP contribution in [0.15, 0.2) is 52.1 Å². The zero-order chi connectivity index (χ0) is 18.4. The number of thioether (sulfide) groups is 1. The summed E-state index contributed by atoms with van der Waals surface area (Å²) >= 11 is 1.25. The van der Waals surface area contributed by atoms with Gasteiger partial charge in [-0.15, -0.1) is 0 Å². The quantitative estimate of drug-likeness (QED) is 0.593. The molecular formula is C19H20N2O4S. The van der Waals surface area contributed by atoms with Gasteiger partial charge in [0.05, 0.1) is 19.0 Å². The standard InChI is InChI=1S/C19H20N2O4S/c1-3-23-16-10-9-13(11-17(16)24-4-2)20-18(22)12-26-19-21-14-7-5-6-8-15(14)25-19/h5-11H,3-4,12H2,1-2H3,(H,20,22). The summed E-state index contributed by atoms with van der Waals surface area (Å²) in [5.41, 5.74) is 2.15. The van der Waals surface area contributed by atoms with Crippen molar-refractivity contribution >= 4 is 34.5 Å². The van der Waals surface area contributed by atoms with Gasteiger partial charge in [-0.3, -0.25) is 4.79 Å². The predicted molar refractivity (Wildman–Crippen MR) is 102 cm³/mol. The van der Waals surface area contributed by atoms with Crippen LogP contribution in [0.4, 0.5) is 5.69 Å². The van der Waals surface area contributed by atoms with Gasteiger partial charge in [0.15, 0.2) is 17.1 Å². The Balaban J connectivity index is 1.61. The van der Waals surface area contributed by atoms with Gasteiger partial charge in [0.2, 0.25) is 5.91 Å². The summed E-state index contributed by atoms with van der Waals surface area (Å²) in [6.07, 6.45) is 0. The number of rotatable bonds is 8. The molecule has 0 saturated heterocycles. The van der Waals surface area contributed by atoms with Crippen LogP contribution in [0.2, 0.25) is 0 Å². The Labute approximate surface area is 155 Å². The number of amides is 1. The Bertz CT molecular complexity index is 861. The molecule has 6 nitrogen and oxygen atoms in total. The number of para-hydroxylation sites is 2. The molecule has 26 heavy (non-hydrogen) atoms. The largest absolute Gasteiger partial charge is 0.490 e. The van der Waals surface area contributed by atoms with E-state index in [1.165, 1.54) is 11.8 Å². The molecule has 1 aromatic heterocycles. The number of hydrogen-bond acceptors (Lipinski definition) is 6. The molecule has 0 atom stereocenters. The van der Waals surface area contributed by atoms with E-state index in [4.69, 9.17) is 13.9 Å². The molecule has 7 heteroatoms. The number of nitrogens with one attached hydrogen (secondary N) is 1. The molecule has 0 unspecified atom stereocenters. The summed E-state index contributed by atoms with van der Waals surface area (Å²) in [5.74, 6) is 1.32. The molecule has 1 amide bonds. The molecule has 0 radical (unpaired) electrons. The molecular weight excluding hydrogens is 352 g/mol. The van der Waals surface area contributed by atoms with Crippen LogP contribution in [0.3, 0.4) is 0 Å². The first-order chi connectivity index (χ1) is 12.7. The Morgan fingerprint density at radius 3 is 2.65 bits per heavy atom. The highest BCUT2D eigenvalue weighted by molar-refractivity contribution is 7.99. The molecule has 0 saturated carbocycles. The molecule has 0 aliphatic rings. The number of nitrogens with zero attached hydrogens (tertiary/aromatic N) is 1. The second-order valence-corrected chi connectivity index (χ2v) is 6.24. The lowest BCUT2D eigenvalue weighted by atomic mass is 10.2. The molecule has 0 aliphatic carbocycles. The number of aromatic nitrogens is 1. The van der Waals surface area contributed by atoms with Crippen molar-refractivity contribution in [2.24, 2.45) is 0 Å². The van der Waals surface area contributed by atoms with E-state index in [2.05, 4.69) is 10.3 Å². The van der Waals surface area contributed by atoms with E-state index in [1.54, 1.807) is 18.2 Å². The van der Waals surface area contributed by atoms with Crippen molar-refractivity contribution in [3.05, 3.63) is 42.5 Å². The number of carbonyl (C=O) groups excluding carboxylic acids is 1.